The van der Waals surface area contributed by atoms with Gasteiger partial charge in [0, 0.05) is 18.2 Å². The zero-order chi connectivity index (χ0) is 31.6. The first-order valence-corrected chi connectivity index (χ1v) is 14.4. The Morgan fingerprint density at radius 2 is 1.73 bits per heavy atom. The molecular formula is C33H51F3N4O. The normalized spacial score (nSPS) is 20.1. The molecular weight excluding hydrogens is 525 g/mol. The van der Waals surface area contributed by atoms with E-state index in [0.29, 0.717) is 23.0 Å². The number of aliphatic hydroxyl groups excluding tert-OH is 1. The molecule has 2 rings (SSSR count). The number of unbranched alkanes of at least 4 members (excludes halogenated alkanes) is 1. The molecule has 0 aromatic heterocycles. The molecule has 0 aliphatic carbocycles. The number of hydrogen-bond acceptors (Lipinski definition) is 5. The van der Waals surface area contributed by atoms with Crippen LogP contribution in [0.5, 0.6) is 0 Å². The summed E-state index contributed by atoms with van der Waals surface area (Å²) in [6.45, 7) is 16.1. The number of alkyl halides is 3. The zero-order valence-corrected chi connectivity index (χ0v) is 25.7. The van der Waals surface area contributed by atoms with Crippen LogP contribution in [0.3, 0.4) is 0 Å². The van der Waals surface area contributed by atoms with E-state index in [2.05, 4.69) is 64.4 Å². The van der Waals surface area contributed by atoms with Crippen molar-refractivity contribution in [2.75, 3.05) is 12.3 Å². The minimum atomic E-state index is -4.45. The number of nitrogens with two attached hydrogens (primary N) is 3. The fraction of sp³-hybridized carbons (Fsp3) is 0.485. The van der Waals surface area contributed by atoms with Crippen molar-refractivity contribution >= 4 is 11.5 Å². The molecule has 1 aromatic carbocycles. The Bertz CT molecular complexity index is 1100. The Labute approximate surface area is 245 Å². The molecule has 1 aromatic rings. The summed E-state index contributed by atoms with van der Waals surface area (Å²) in [6.07, 6.45) is 12.2. The fourth-order valence-corrected chi connectivity index (χ4v) is 3.47. The molecule has 1 aliphatic rings. The lowest BCUT2D eigenvalue weighted by atomic mass is 9.99. The van der Waals surface area contributed by atoms with Crippen LogP contribution in [0.15, 0.2) is 82.7 Å². The van der Waals surface area contributed by atoms with E-state index >= 15 is 0 Å². The number of aliphatic imine (C=N–C) groups is 1. The summed E-state index contributed by atoms with van der Waals surface area (Å²) < 4.78 is 37.4. The summed E-state index contributed by atoms with van der Waals surface area (Å²) in [7, 11) is 0. The fourth-order valence-electron chi connectivity index (χ4n) is 3.47. The van der Waals surface area contributed by atoms with Crippen LogP contribution in [0.2, 0.25) is 0 Å². The molecule has 0 radical (unpaired) electrons. The van der Waals surface area contributed by atoms with Crippen LogP contribution in [0.25, 0.3) is 0 Å². The lowest BCUT2D eigenvalue weighted by molar-refractivity contribution is -0.137. The van der Waals surface area contributed by atoms with Gasteiger partial charge in [-0.05, 0) is 54.0 Å². The first kappa shape index (κ1) is 37.7. The van der Waals surface area contributed by atoms with E-state index in [1.807, 2.05) is 6.08 Å². The zero-order valence-electron chi connectivity index (χ0n) is 25.7. The van der Waals surface area contributed by atoms with Gasteiger partial charge >= 0.3 is 6.18 Å². The van der Waals surface area contributed by atoms with Crippen LogP contribution in [-0.4, -0.2) is 17.5 Å². The number of hydrogen-bond donors (Lipinski definition) is 4. The number of benzene rings is 1. The highest BCUT2D eigenvalue weighted by Crippen LogP contribution is 2.35. The molecule has 8 heteroatoms. The summed E-state index contributed by atoms with van der Waals surface area (Å²) in [5, 5.41) is 8.84. The summed E-state index contributed by atoms with van der Waals surface area (Å²) in [5.41, 5.74) is 20.4. The van der Waals surface area contributed by atoms with E-state index in [9.17, 15) is 13.2 Å². The Hall–Kier alpha value is -3.26. The minimum absolute atomic E-state index is 0.193. The predicted molar refractivity (Wildman–Crippen MR) is 169 cm³/mol. The number of amidine groups is 1. The molecule has 2 atom stereocenters. The summed E-state index contributed by atoms with van der Waals surface area (Å²) in [5.74, 6) is 0.613. The third-order valence-corrected chi connectivity index (χ3v) is 6.68. The summed E-state index contributed by atoms with van der Waals surface area (Å²) in [6, 6.07) is 3.69. The number of allylic oxidation sites excluding steroid dienone is 6. The van der Waals surface area contributed by atoms with E-state index in [4.69, 9.17) is 22.3 Å². The van der Waals surface area contributed by atoms with Gasteiger partial charge in [-0.2, -0.15) is 13.2 Å². The molecule has 0 amide bonds. The maximum Gasteiger partial charge on any atom is 0.418 e. The van der Waals surface area contributed by atoms with E-state index in [1.54, 1.807) is 13.0 Å². The molecule has 1 heterocycles. The van der Waals surface area contributed by atoms with Gasteiger partial charge in [-0.25, -0.2) is 4.99 Å². The highest BCUT2D eigenvalue weighted by Gasteiger charge is 2.33. The van der Waals surface area contributed by atoms with E-state index < -0.39 is 11.7 Å². The van der Waals surface area contributed by atoms with E-state index in [0.717, 1.165) is 43.0 Å². The molecule has 0 saturated carbocycles. The van der Waals surface area contributed by atoms with Crippen LogP contribution >= 0.6 is 0 Å². The van der Waals surface area contributed by atoms with E-state index in [1.165, 1.54) is 30.5 Å². The number of aliphatic hydroxyl groups is 1. The molecule has 0 bridgehead atoms. The largest absolute Gasteiger partial charge is 0.418 e. The van der Waals surface area contributed by atoms with Gasteiger partial charge in [0.2, 0.25) is 0 Å². The average Bonchev–Trinajstić information content (AvgIpc) is 2.95. The highest BCUT2D eigenvalue weighted by atomic mass is 19.4. The highest BCUT2D eigenvalue weighted by molar-refractivity contribution is 5.97. The van der Waals surface area contributed by atoms with Gasteiger partial charge in [0.1, 0.15) is 5.84 Å². The van der Waals surface area contributed by atoms with Crippen molar-refractivity contribution in [3.8, 4) is 0 Å². The Morgan fingerprint density at radius 1 is 1.10 bits per heavy atom. The van der Waals surface area contributed by atoms with E-state index in [-0.39, 0.29) is 18.2 Å². The van der Waals surface area contributed by atoms with Crippen LogP contribution in [0.4, 0.5) is 18.9 Å². The van der Waals surface area contributed by atoms with Crippen LogP contribution < -0.4 is 17.2 Å². The first-order valence-electron chi connectivity index (χ1n) is 14.4. The Morgan fingerprint density at radius 3 is 2.22 bits per heavy atom. The monoisotopic (exact) mass is 576 g/mol. The number of halogens is 3. The molecule has 1 aliphatic heterocycles. The molecule has 0 fully saturated rings. The van der Waals surface area contributed by atoms with Gasteiger partial charge < -0.3 is 22.3 Å². The molecule has 41 heavy (non-hydrogen) atoms. The topological polar surface area (TPSA) is 111 Å². The van der Waals surface area contributed by atoms with Gasteiger partial charge in [0.05, 0.1) is 17.0 Å². The number of anilines is 1. The van der Waals surface area contributed by atoms with Gasteiger partial charge in [0.25, 0.3) is 0 Å². The van der Waals surface area contributed by atoms with Crippen molar-refractivity contribution in [3.63, 3.8) is 0 Å². The van der Waals surface area contributed by atoms with Gasteiger partial charge in [0.15, 0.2) is 0 Å². The lowest BCUT2D eigenvalue weighted by Crippen LogP contribution is -2.24. The number of nitrogens with zero attached hydrogens (tertiary/aromatic N) is 1. The number of nitrogen functional groups attached to an aromatic ring is 1. The second kappa shape index (κ2) is 19.8. The van der Waals surface area contributed by atoms with Crippen molar-refractivity contribution in [1.82, 2.24) is 0 Å². The molecule has 7 N–H and O–H groups in total. The maximum atomic E-state index is 12.5. The maximum absolute atomic E-state index is 12.5. The second-order valence-electron chi connectivity index (χ2n) is 10.0. The van der Waals surface area contributed by atoms with Crippen LogP contribution in [0.1, 0.15) is 97.1 Å². The third-order valence-electron chi connectivity index (χ3n) is 6.68. The molecule has 230 valence electrons. The smallest absolute Gasteiger partial charge is 0.398 e. The van der Waals surface area contributed by atoms with Crippen LogP contribution in [0, 0.1) is 5.92 Å². The first-order chi connectivity index (χ1) is 19.3. The van der Waals surface area contributed by atoms with Crippen molar-refractivity contribution < 1.29 is 18.3 Å². The van der Waals surface area contributed by atoms with Crippen molar-refractivity contribution in [3.05, 3.63) is 88.8 Å². The van der Waals surface area contributed by atoms with Gasteiger partial charge in [-0.1, -0.05) is 104 Å². The van der Waals surface area contributed by atoms with Gasteiger partial charge in [-0.15, -0.1) is 0 Å². The lowest BCUT2D eigenvalue weighted by Gasteiger charge is -2.14. The Kier molecular flexibility index (Phi) is 18.2. The van der Waals surface area contributed by atoms with Crippen LogP contribution in [-0.2, 0) is 6.18 Å². The predicted octanol–water partition coefficient (Wildman–Crippen LogP) is 8.55. The van der Waals surface area contributed by atoms with Crippen molar-refractivity contribution in [2.45, 2.75) is 92.2 Å². The third kappa shape index (κ3) is 13.8. The molecule has 0 spiro atoms. The van der Waals surface area contributed by atoms with Crippen molar-refractivity contribution in [2.24, 2.45) is 22.4 Å². The SMILES string of the molecule is C=C/C=C(\C=C/C(C)CC)C1=C/CC/C(CC)=C(N)\C(N)=N\1.CC(CO)c1ccc(N)c(C(F)(F)F)c1.CCCC. The molecule has 5 nitrogen and oxygen atoms in total. The standard InChI is InChI=1S/C19H29N3.C10H12F3NO.C4H10/c1-5-9-16(13-12-14(4)6-2)17-11-8-10-15(7-3)18(20)19(21)22-17;1-6(5-15)7-2-3-9(14)8(4-7)10(11,12)13;1-3-4-2/h5,9,11-14H,1,6-8,10,20H2,2-4H3,(H2,21,22);2-4,6,15H,5,14H2,1H3;3-4H2,1-2H3/b13-12-,16-9+,17-11-,18-15+;;. The Balaban J connectivity index is 0.000000726. The quantitative estimate of drug-likeness (QED) is 0.174. The number of rotatable bonds is 9. The summed E-state index contributed by atoms with van der Waals surface area (Å²) in [4.78, 5) is 4.54. The minimum Gasteiger partial charge on any atom is -0.398 e. The molecule has 0 saturated heterocycles. The summed E-state index contributed by atoms with van der Waals surface area (Å²) >= 11 is 0. The average molecular weight is 577 g/mol. The van der Waals surface area contributed by atoms with Crippen molar-refractivity contribution in [1.29, 1.82) is 0 Å². The molecule has 2 unspecified atom stereocenters. The van der Waals surface area contributed by atoms with Gasteiger partial charge in [-0.3, -0.25) is 0 Å². The second-order valence-corrected chi connectivity index (χ2v) is 10.0.